The van der Waals surface area contributed by atoms with E-state index in [9.17, 15) is 9.59 Å². The number of amides is 1. The van der Waals surface area contributed by atoms with Crippen LogP contribution in [0.1, 0.15) is 37.8 Å². The molecule has 36 heavy (non-hydrogen) atoms. The van der Waals surface area contributed by atoms with Gasteiger partial charge in [-0.3, -0.25) is 19.0 Å². The molecule has 0 spiro atoms. The summed E-state index contributed by atoms with van der Waals surface area (Å²) in [7, 11) is 0. The number of rotatable bonds is 7. The van der Waals surface area contributed by atoms with Crippen molar-refractivity contribution in [2.75, 3.05) is 43.1 Å². The molecule has 2 aliphatic heterocycles. The van der Waals surface area contributed by atoms with Gasteiger partial charge in [0.15, 0.2) is 0 Å². The van der Waals surface area contributed by atoms with Gasteiger partial charge in [-0.1, -0.05) is 12.5 Å². The molecule has 0 unspecified atom stereocenters. The number of aromatic nitrogens is 3. The van der Waals surface area contributed by atoms with Gasteiger partial charge in [-0.05, 0) is 62.4 Å². The summed E-state index contributed by atoms with van der Waals surface area (Å²) in [5, 5.41) is 6.60. The number of nitrogens with one attached hydrogen (secondary N) is 2. The summed E-state index contributed by atoms with van der Waals surface area (Å²) < 4.78 is 6.90. The van der Waals surface area contributed by atoms with E-state index in [0.29, 0.717) is 17.4 Å². The number of anilines is 2. The molecule has 2 saturated heterocycles. The summed E-state index contributed by atoms with van der Waals surface area (Å²) in [6, 6.07) is 11.1. The molecule has 3 fully saturated rings. The Morgan fingerprint density at radius 1 is 1.14 bits per heavy atom. The van der Waals surface area contributed by atoms with Gasteiger partial charge in [0, 0.05) is 31.4 Å². The van der Waals surface area contributed by atoms with Gasteiger partial charge >= 0.3 is 0 Å². The van der Waals surface area contributed by atoms with Crippen molar-refractivity contribution in [1.82, 2.24) is 19.7 Å². The van der Waals surface area contributed by atoms with Crippen LogP contribution < -0.4 is 21.1 Å². The third kappa shape index (κ3) is 4.37. The summed E-state index contributed by atoms with van der Waals surface area (Å²) in [6.45, 7) is 3.61. The number of carbonyl (C=O) groups is 1. The number of carbonyl (C=O) groups excluding carboxylic acids is 1. The molecule has 9 heteroatoms. The first-order valence-corrected chi connectivity index (χ1v) is 12.9. The number of ether oxygens (including phenoxy) is 1. The van der Waals surface area contributed by atoms with Crippen LogP contribution in [0.3, 0.4) is 0 Å². The van der Waals surface area contributed by atoms with Crippen molar-refractivity contribution in [2.24, 2.45) is 5.92 Å². The average Bonchev–Trinajstić information content (AvgIpc) is 2.83. The summed E-state index contributed by atoms with van der Waals surface area (Å²) in [5.41, 5.74) is 1.08. The molecule has 5 heterocycles. The van der Waals surface area contributed by atoms with Gasteiger partial charge in [-0.15, -0.1) is 0 Å². The van der Waals surface area contributed by atoms with Gasteiger partial charge < -0.3 is 20.3 Å². The molecular formula is C27H32N6O3. The van der Waals surface area contributed by atoms with Crippen LogP contribution in [0.25, 0.3) is 5.65 Å². The Morgan fingerprint density at radius 2 is 2.03 bits per heavy atom. The Balaban J connectivity index is 1.15. The van der Waals surface area contributed by atoms with E-state index < -0.39 is 5.41 Å². The fourth-order valence-corrected chi connectivity index (χ4v) is 5.32. The minimum Gasteiger partial charge on any atom is -0.378 e. The Hall–Kier alpha value is -3.30. The molecule has 1 amide bonds. The normalized spacial score (nSPS) is 21.6. The first-order chi connectivity index (χ1) is 17.6. The van der Waals surface area contributed by atoms with Crippen LogP contribution in [0.4, 0.5) is 11.5 Å². The molecule has 1 saturated carbocycles. The van der Waals surface area contributed by atoms with Crippen LogP contribution in [0.15, 0.2) is 53.6 Å². The minimum atomic E-state index is -0.892. The Bertz CT molecular complexity index is 1300. The standard InChI is InChI=1S/C27H32N6O3/c34-25-13-23(30-24-8-1-2-12-33(24)25)31-26(35)27(17-36-18-27)22-10-9-21(15-29-22)32-11-4-7-20(16-32)28-14-19-5-3-6-19/h1-2,8-10,12-13,15,19-20,28H,3-7,11,14,16-18H2,(H,31,35)/t20-/m1/s1. The molecule has 1 aliphatic carbocycles. The molecule has 0 bridgehead atoms. The van der Waals surface area contributed by atoms with Crippen LogP contribution in [0.5, 0.6) is 0 Å². The first-order valence-electron chi connectivity index (χ1n) is 12.9. The molecule has 3 aromatic rings. The zero-order valence-corrected chi connectivity index (χ0v) is 20.4. The zero-order chi connectivity index (χ0) is 24.5. The Kier molecular flexibility index (Phi) is 6.18. The van der Waals surface area contributed by atoms with Crippen molar-refractivity contribution in [3.63, 3.8) is 0 Å². The molecule has 0 radical (unpaired) electrons. The largest absolute Gasteiger partial charge is 0.378 e. The second-order valence-electron chi connectivity index (χ2n) is 10.3. The second-order valence-corrected chi connectivity index (χ2v) is 10.3. The second kappa shape index (κ2) is 9.63. The fraction of sp³-hybridized carbons (Fsp3) is 0.481. The maximum atomic E-state index is 13.4. The molecule has 0 aromatic carbocycles. The molecule has 2 N–H and O–H groups in total. The van der Waals surface area contributed by atoms with Crippen LogP contribution in [-0.2, 0) is 14.9 Å². The number of hydrogen-bond acceptors (Lipinski definition) is 7. The highest BCUT2D eigenvalue weighted by Gasteiger charge is 2.49. The summed E-state index contributed by atoms with van der Waals surface area (Å²) in [4.78, 5) is 37.3. The van der Waals surface area contributed by atoms with Crippen LogP contribution in [-0.4, -0.2) is 59.2 Å². The maximum Gasteiger partial charge on any atom is 0.259 e. The lowest BCUT2D eigenvalue weighted by atomic mass is 9.81. The fourth-order valence-electron chi connectivity index (χ4n) is 5.32. The van der Waals surface area contributed by atoms with Crippen LogP contribution in [0.2, 0.25) is 0 Å². The van der Waals surface area contributed by atoms with Crippen molar-refractivity contribution in [1.29, 1.82) is 0 Å². The van der Waals surface area contributed by atoms with E-state index in [4.69, 9.17) is 9.72 Å². The van der Waals surface area contributed by atoms with E-state index in [1.165, 1.54) is 36.2 Å². The van der Waals surface area contributed by atoms with E-state index >= 15 is 0 Å². The average molecular weight is 489 g/mol. The number of fused-ring (bicyclic) bond motifs is 1. The SMILES string of the molecule is O=C(Nc1cc(=O)n2ccccc2n1)C1(c2ccc(N3CCC[C@@H](NCC4CCC4)C3)cn2)COC1. The zero-order valence-electron chi connectivity index (χ0n) is 20.4. The van der Waals surface area contributed by atoms with E-state index in [2.05, 4.69) is 26.6 Å². The predicted molar refractivity (Wildman–Crippen MR) is 137 cm³/mol. The lowest BCUT2D eigenvalue weighted by Gasteiger charge is -2.39. The van der Waals surface area contributed by atoms with Gasteiger partial charge in [0.2, 0.25) is 5.91 Å². The predicted octanol–water partition coefficient (Wildman–Crippen LogP) is 2.35. The van der Waals surface area contributed by atoms with Gasteiger partial charge in [-0.25, -0.2) is 4.98 Å². The smallest absolute Gasteiger partial charge is 0.259 e. The van der Waals surface area contributed by atoms with Crippen molar-refractivity contribution >= 4 is 23.1 Å². The summed E-state index contributed by atoms with van der Waals surface area (Å²) >= 11 is 0. The highest BCUT2D eigenvalue weighted by molar-refractivity contribution is 5.99. The molecule has 1 atom stereocenters. The third-order valence-electron chi connectivity index (χ3n) is 7.89. The van der Waals surface area contributed by atoms with Crippen molar-refractivity contribution in [2.45, 2.75) is 43.6 Å². The van der Waals surface area contributed by atoms with E-state index in [-0.39, 0.29) is 30.5 Å². The van der Waals surface area contributed by atoms with E-state index in [1.807, 2.05) is 12.3 Å². The lowest BCUT2D eigenvalue weighted by molar-refractivity contribution is -0.140. The minimum absolute atomic E-state index is 0.229. The molecule has 3 aromatic heterocycles. The lowest BCUT2D eigenvalue weighted by Crippen LogP contribution is -2.56. The Labute approximate surface area is 209 Å². The molecule has 3 aliphatic rings. The first kappa shape index (κ1) is 23.1. The molecule has 9 nitrogen and oxygen atoms in total. The van der Waals surface area contributed by atoms with Crippen LogP contribution >= 0.6 is 0 Å². The topological polar surface area (TPSA) is 101 Å². The summed E-state index contributed by atoms with van der Waals surface area (Å²) in [5.74, 6) is 0.824. The van der Waals surface area contributed by atoms with E-state index in [0.717, 1.165) is 37.7 Å². The van der Waals surface area contributed by atoms with E-state index in [1.54, 1.807) is 24.4 Å². The number of hydrogen-bond donors (Lipinski definition) is 2. The quantitative estimate of drug-likeness (QED) is 0.527. The van der Waals surface area contributed by atoms with Gasteiger partial charge in [0.05, 0.1) is 30.8 Å². The van der Waals surface area contributed by atoms with Crippen molar-refractivity contribution in [3.8, 4) is 0 Å². The van der Waals surface area contributed by atoms with Gasteiger partial charge in [0.1, 0.15) is 16.9 Å². The Morgan fingerprint density at radius 3 is 2.75 bits per heavy atom. The maximum absolute atomic E-state index is 13.4. The third-order valence-corrected chi connectivity index (χ3v) is 7.89. The molecular weight excluding hydrogens is 456 g/mol. The van der Waals surface area contributed by atoms with Gasteiger partial charge in [-0.2, -0.15) is 0 Å². The summed E-state index contributed by atoms with van der Waals surface area (Å²) in [6.07, 6.45) is 9.99. The highest BCUT2D eigenvalue weighted by atomic mass is 16.5. The van der Waals surface area contributed by atoms with Gasteiger partial charge in [0.25, 0.3) is 5.56 Å². The van der Waals surface area contributed by atoms with Crippen molar-refractivity contribution in [3.05, 3.63) is 64.8 Å². The molecule has 6 rings (SSSR count). The number of piperidine rings is 1. The highest BCUT2D eigenvalue weighted by Crippen LogP contribution is 2.33. The number of nitrogens with zero attached hydrogens (tertiary/aromatic N) is 4. The monoisotopic (exact) mass is 488 g/mol. The molecule has 188 valence electrons. The van der Waals surface area contributed by atoms with Crippen molar-refractivity contribution < 1.29 is 9.53 Å². The number of pyridine rings is 2. The van der Waals surface area contributed by atoms with Crippen LogP contribution in [0, 0.1) is 5.92 Å².